The molecule has 15 heavy (non-hydrogen) atoms. The highest BCUT2D eigenvalue weighted by Crippen LogP contribution is 2.28. The number of piperidine rings is 1. The van der Waals surface area contributed by atoms with Gasteiger partial charge >= 0.3 is 0 Å². The van der Waals surface area contributed by atoms with Gasteiger partial charge in [0.25, 0.3) is 0 Å². The standard InChI is InChI=1S/C11H15FN2S/c12-8-3-5-14(6-4-8)11-2-1-9(15)7-10(11)13/h1-2,7-8,15H,3-6,13H2. The van der Waals surface area contributed by atoms with E-state index in [4.69, 9.17) is 5.73 Å². The SMILES string of the molecule is Nc1cc(S)ccc1N1CCC(F)CC1. The first kappa shape index (κ1) is 10.6. The third-order valence-corrected chi connectivity index (χ3v) is 3.05. The Balaban J connectivity index is 2.15. The maximum Gasteiger partial charge on any atom is 0.103 e. The van der Waals surface area contributed by atoms with Gasteiger partial charge in [0, 0.05) is 18.0 Å². The lowest BCUT2D eigenvalue weighted by Crippen LogP contribution is -2.34. The summed E-state index contributed by atoms with van der Waals surface area (Å²) in [5, 5.41) is 0. The highest BCUT2D eigenvalue weighted by atomic mass is 32.1. The zero-order valence-corrected chi connectivity index (χ0v) is 9.38. The Morgan fingerprint density at radius 1 is 1.33 bits per heavy atom. The number of nitrogen functional groups attached to an aromatic ring is 1. The molecule has 1 saturated heterocycles. The maximum absolute atomic E-state index is 13.0. The van der Waals surface area contributed by atoms with Crippen LogP contribution in [-0.4, -0.2) is 19.3 Å². The third-order valence-electron chi connectivity index (χ3n) is 2.78. The van der Waals surface area contributed by atoms with Crippen LogP contribution in [0.4, 0.5) is 15.8 Å². The minimum Gasteiger partial charge on any atom is -0.397 e. The van der Waals surface area contributed by atoms with Gasteiger partial charge in [-0.15, -0.1) is 12.6 Å². The van der Waals surface area contributed by atoms with Gasteiger partial charge in [-0.25, -0.2) is 4.39 Å². The Morgan fingerprint density at radius 3 is 2.60 bits per heavy atom. The average molecular weight is 226 g/mol. The van der Waals surface area contributed by atoms with Crippen molar-refractivity contribution in [1.82, 2.24) is 0 Å². The molecule has 2 nitrogen and oxygen atoms in total. The maximum atomic E-state index is 13.0. The van der Waals surface area contributed by atoms with Crippen molar-refractivity contribution in [3.8, 4) is 0 Å². The molecule has 4 heteroatoms. The van der Waals surface area contributed by atoms with Gasteiger partial charge in [-0.3, -0.25) is 0 Å². The zero-order valence-electron chi connectivity index (χ0n) is 8.49. The van der Waals surface area contributed by atoms with E-state index < -0.39 is 6.17 Å². The van der Waals surface area contributed by atoms with Crippen LogP contribution in [0.3, 0.4) is 0 Å². The van der Waals surface area contributed by atoms with E-state index in [9.17, 15) is 4.39 Å². The smallest absolute Gasteiger partial charge is 0.103 e. The van der Waals surface area contributed by atoms with Crippen molar-refractivity contribution < 1.29 is 4.39 Å². The van der Waals surface area contributed by atoms with Gasteiger partial charge in [-0.1, -0.05) is 0 Å². The summed E-state index contributed by atoms with van der Waals surface area (Å²) in [7, 11) is 0. The number of hydrogen-bond donors (Lipinski definition) is 2. The summed E-state index contributed by atoms with van der Waals surface area (Å²) in [4.78, 5) is 3.00. The number of hydrogen-bond acceptors (Lipinski definition) is 3. The van der Waals surface area contributed by atoms with Crippen LogP contribution in [0.5, 0.6) is 0 Å². The molecule has 0 saturated carbocycles. The summed E-state index contributed by atoms with van der Waals surface area (Å²) in [6.45, 7) is 1.49. The van der Waals surface area contributed by atoms with E-state index in [2.05, 4.69) is 17.5 Å². The Bertz CT molecular complexity index is 348. The fraction of sp³-hybridized carbons (Fsp3) is 0.455. The first-order valence-electron chi connectivity index (χ1n) is 5.14. The van der Waals surface area contributed by atoms with Crippen LogP contribution in [0, 0.1) is 0 Å². The Hall–Kier alpha value is -0.900. The molecule has 0 amide bonds. The molecule has 0 aliphatic carbocycles. The highest BCUT2D eigenvalue weighted by Gasteiger charge is 2.19. The van der Waals surface area contributed by atoms with Crippen LogP contribution in [0.1, 0.15) is 12.8 Å². The second-order valence-corrected chi connectivity index (χ2v) is 4.42. The normalized spacial score (nSPS) is 18.1. The Morgan fingerprint density at radius 2 is 2.00 bits per heavy atom. The predicted molar refractivity (Wildman–Crippen MR) is 64.4 cm³/mol. The number of rotatable bonds is 1. The summed E-state index contributed by atoms with van der Waals surface area (Å²) < 4.78 is 13.0. The largest absolute Gasteiger partial charge is 0.397 e. The van der Waals surface area contributed by atoms with Gasteiger partial charge in [0.2, 0.25) is 0 Å². The summed E-state index contributed by atoms with van der Waals surface area (Å²) in [6, 6.07) is 5.70. The lowest BCUT2D eigenvalue weighted by atomic mass is 10.1. The van der Waals surface area contributed by atoms with E-state index in [1.807, 2.05) is 18.2 Å². The molecule has 0 aromatic heterocycles. The molecule has 1 aliphatic heterocycles. The van der Waals surface area contributed by atoms with Gasteiger partial charge in [0.05, 0.1) is 11.4 Å². The number of thiol groups is 1. The lowest BCUT2D eigenvalue weighted by Gasteiger charge is -2.31. The van der Waals surface area contributed by atoms with Gasteiger partial charge in [0.1, 0.15) is 6.17 Å². The first-order chi connectivity index (χ1) is 7.16. The number of nitrogens with two attached hydrogens (primary N) is 1. The Labute approximate surface area is 94.7 Å². The van der Waals surface area contributed by atoms with Crippen LogP contribution in [0.15, 0.2) is 23.1 Å². The molecular formula is C11H15FN2S. The van der Waals surface area contributed by atoms with Crippen LogP contribution in [-0.2, 0) is 0 Å². The molecule has 1 aliphatic rings. The van der Waals surface area contributed by atoms with E-state index in [0.29, 0.717) is 12.8 Å². The fourth-order valence-electron chi connectivity index (χ4n) is 1.92. The molecule has 0 bridgehead atoms. The summed E-state index contributed by atoms with van der Waals surface area (Å²) >= 11 is 4.22. The highest BCUT2D eigenvalue weighted by molar-refractivity contribution is 7.80. The Kier molecular flexibility index (Phi) is 3.05. The van der Waals surface area contributed by atoms with Crippen molar-refractivity contribution in [2.24, 2.45) is 0 Å². The second kappa shape index (κ2) is 4.31. The molecule has 2 rings (SSSR count). The van der Waals surface area contributed by atoms with E-state index in [0.717, 1.165) is 29.4 Å². The molecule has 0 unspecified atom stereocenters. The predicted octanol–water partition coefficient (Wildman–Crippen LogP) is 2.50. The van der Waals surface area contributed by atoms with E-state index in [-0.39, 0.29) is 0 Å². The molecule has 82 valence electrons. The van der Waals surface area contributed by atoms with Gasteiger partial charge in [-0.05, 0) is 31.0 Å². The van der Waals surface area contributed by atoms with Crippen molar-refractivity contribution in [2.75, 3.05) is 23.7 Å². The molecule has 2 N–H and O–H groups in total. The van der Waals surface area contributed by atoms with Gasteiger partial charge in [0.15, 0.2) is 0 Å². The molecule has 1 aromatic carbocycles. The van der Waals surface area contributed by atoms with E-state index >= 15 is 0 Å². The van der Waals surface area contributed by atoms with Crippen LogP contribution >= 0.6 is 12.6 Å². The molecule has 1 fully saturated rings. The monoisotopic (exact) mass is 226 g/mol. The molecular weight excluding hydrogens is 211 g/mol. The molecule has 0 atom stereocenters. The second-order valence-electron chi connectivity index (χ2n) is 3.90. The number of benzene rings is 1. The topological polar surface area (TPSA) is 29.3 Å². The number of halogens is 1. The zero-order chi connectivity index (χ0) is 10.8. The lowest BCUT2D eigenvalue weighted by molar-refractivity contribution is 0.277. The van der Waals surface area contributed by atoms with Crippen molar-refractivity contribution in [2.45, 2.75) is 23.9 Å². The minimum atomic E-state index is -0.647. The van der Waals surface area contributed by atoms with E-state index in [1.54, 1.807) is 0 Å². The number of alkyl halides is 1. The van der Waals surface area contributed by atoms with Gasteiger partial charge in [-0.2, -0.15) is 0 Å². The minimum absolute atomic E-state index is 0.599. The molecule has 0 radical (unpaired) electrons. The quantitative estimate of drug-likeness (QED) is 0.569. The van der Waals surface area contributed by atoms with Crippen LogP contribution in [0.25, 0.3) is 0 Å². The first-order valence-corrected chi connectivity index (χ1v) is 5.59. The fourth-order valence-corrected chi connectivity index (χ4v) is 2.13. The van der Waals surface area contributed by atoms with Gasteiger partial charge < -0.3 is 10.6 Å². The van der Waals surface area contributed by atoms with Crippen molar-refractivity contribution >= 4 is 24.0 Å². The molecule has 1 heterocycles. The number of anilines is 2. The molecule has 1 aromatic rings. The van der Waals surface area contributed by atoms with Crippen molar-refractivity contribution in [1.29, 1.82) is 0 Å². The van der Waals surface area contributed by atoms with Crippen LogP contribution in [0.2, 0.25) is 0 Å². The summed E-state index contributed by atoms with van der Waals surface area (Å²) in [6.07, 6.45) is 0.552. The van der Waals surface area contributed by atoms with Crippen molar-refractivity contribution in [3.63, 3.8) is 0 Å². The number of nitrogens with zero attached hydrogens (tertiary/aromatic N) is 1. The summed E-state index contributed by atoms with van der Waals surface area (Å²) in [5.41, 5.74) is 7.62. The molecule has 0 spiro atoms. The van der Waals surface area contributed by atoms with Crippen molar-refractivity contribution in [3.05, 3.63) is 18.2 Å². The summed E-state index contributed by atoms with van der Waals surface area (Å²) in [5.74, 6) is 0. The van der Waals surface area contributed by atoms with E-state index in [1.165, 1.54) is 0 Å². The van der Waals surface area contributed by atoms with Crippen LogP contribution < -0.4 is 10.6 Å². The average Bonchev–Trinajstić information content (AvgIpc) is 2.20. The third kappa shape index (κ3) is 2.37.